The van der Waals surface area contributed by atoms with Gasteiger partial charge in [0.15, 0.2) is 0 Å². The second-order valence-corrected chi connectivity index (χ2v) is 8.94. The SMILES string of the molecule is CCCCCCCCCCSNCC.O=c1ssc(Cl)c1Cl. The lowest BCUT2D eigenvalue weighted by molar-refractivity contribution is 0.586. The van der Waals surface area contributed by atoms with E-state index in [-0.39, 0.29) is 9.77 Å². The van der Waals surface area contributed by atoms with Crippen LogP contribution in [-0.2, 0) is 0 Å². The molecule has 0 aliphatic rings. The molecule has 0 radical (unpaired) electrons. The highest BCUT2D eigenvalue weighted by Gasteiger charge is 2.02. The van der Waals surface area contributed by atoms with Crippen LogP contribution in [0, 0.1) is 0 Å². The van der Waals surface area contributed by atoms with Crippen molar-refractivity contribution in [1.29, 1.82) is 0 Å². The molecule has 1 rings (SSSR count). The van der Waals surface area contributed by atoms with Crippen molar-refractivity contribution in [1.82, 2.24) is 4.72 Å². The van der Waals surface area contributed by atoms with Gasteiger partial charge in [0, 0.05) is 12.3 Å². The maximum atomic E-state index is 10.5. The second-order valence-electron chi connectivity index (χ2n) is 4.86. The van der Waals surface area contributed by atoms with E-state index in [1.165, 1.54) is 67.5 Å². The van der Waals surface area contributed by atoms with Crippen molar-refractivity contribution in [2.75, 3.05) is 12.3 Å². The molecule has 0 atom stereocenters. The molecule has 22 heavy (non-hydrogen) atoms. The van der Waals surface area contributed by atoms with E-state index in [0.29, 0.717) is 4.34 Å². The zero-order valence-electron chi connectivity index (χ0n) is 13.5. The minimum Gasteiger partial charge on any atom is -0.275 e. The first-order valence-corrected chi connectivity index (χ1v) is 11.8. The minimum atomic E-state index is -0.151. The molecule has 130 valence electrons. The van der Waals surface area contributed by atoms with Gasteiger partial charge in [0.1, 0.15) is 9.36 Å². The number of hydrogen-bond donors (Lipinski definition) is 1. The fourth-order valence-corrected chi connectivity index (χ4v) is 4.84. The van der Waals surface area contributed by atoms with Crippen LogP contribution < -0.4 is 9.46 Å². The molecule has 7 heteroatoms. The molecule has 1 heterocycles. The van der Waals surface area contributed by atoms with Crippen LogP contribution in [0.3, 0.4) is 0 Å². The fraction of sp³-hybridized carbons (Fsp3) is 0.800. The molecular formula is C15H27Cl2NOS3. The predicted molar refractivity (Wildman–Crippen MR) is 107 cm³/mol. The zero-order valence-corrected chi connectivity index (χ0v) is 17.4. The number of unbranched alkanes of at least 4 members (excludes halogenated alkanes) is 7. The Bertz CT molecular complexity index is 398. The number of hydrogen-bond acceptors (Lipinski definition) is 5. The smallest absolute Gasteiger partial charge is 0.263 e. The molecule has 0 saturated carbocycles. The molecule has 1 aromatic heterocycles. The Morgan fingerprint density at radius 3 is 1.95 bits per heavy atom. The summed E-state index contributed by atoms with van der Waals surface area (Å²) in [5.74, 6) is 1.28. The largest absolute Gasteiger partial charge is 0.275 e. The molecule has 0 bridgehead atoms. The van der Waals surface area contributed by atoms with Gasteiger partial charge in [-0.3, -0.25) is 9.52 Å². The van der Waals surface area contributed by atoms with E-state index in [1.54, 1.807) is 0 Å². The van der Waals surface area contributed by atoms with Crippen molar-refractivity contribution in [2.45, 2.75) is 65.2 Å². The van der Waals surface area contributed by atoms with Crippen molar-refractivity contribution >= 4 is 55.8 Å². The van der Waals surface area contributed by atoms with Gasteiger partial charge in [0.05, 0.1) is 0 Å². The van der Waals surface area contributed by atoms with Gasteiger partial charge < -0.3 is 0 Å². The third kappa shape index (κ3) is 13.2. The van der Waals surface area contributed by atoms with E-state index in [0.717, 1.165) is 16.9 Å². The van der Waals surface area contributed by atoms with Gasteiger partial charge in [-0.05, 0) is 16.8 Å². The molecule has 2 nitrogen and oxygen atoms in total. The van der Waals surface area contributed by atoms with Crippen molar-refractivity contribution < 1.29 is 0 Å². The maximum absolute atomic E-state index is 10.5. The first-order valence-electron chi connectivity index (χ1n) is 7.92. The highest BCUT2D eigenvalue weighted by Crippen LogP contribution is 2.25. The van der Waals surface area contributed by atoms with Crippen LogP contribution in [0.15, 0.2) is 4.79 Å². The van der Waals surface area contributed by atoms with Crippen LogP contribution in [0.1, 0.15) is 65.2 Å². The highest BCUT2D eigenvalue weighted by atomic mass is 35.5. The molecule has 0 spiro atoms. The molecule has 0 aliphatic carbocycles. The average Bonchev–Trinajstić information content (AvgIpc) is 2.81. The third-order valence-corrected chi connectivity index (χ3v) is 7.24. The normalized spacial score (nSPS) is 10.4. The van der Waals surface area contributed by atoms with Crippen molar-refractivity contribution in [3.05, 3.63) is 18.9 Å². The predicted octanol–water partition coefficient (Wildman–Crippen LogP) is 6.86. The van der Waals surface area contributed by atoms with E-state index in [4.69, 9.17) is 23.2 Å². The summed E-state index contributed by atoms with van der Waals surface area (Å²) < 4.78 is 3.52. The summed E-state index contributed by atoms with van der Waals surface area (Å²) in [6.45, 7) is 5.51. The molecule has 0 saturated heterocycles. The van der Waals surface area contributed by atoms with Gasteiger partial charge in [-0.25, -0.2) is 0 Å². The molecule has 0 aromatic carbocycles. The summed E-state index contributed by atoms with van der Waals surface area (Å²) in [4.78, 5) is 10.5. The maximum Gasteiger partial charge on any atom is 0.263 e. The highest BCUT2D eigenvalue weighted by molar-refractivity contribution is 7.97. The van der Waals surface area contributed by atoms with E-state index >= 15 is 0 Å². The Hall–Kier alpha value is 0.740. The Morgan fingerprint density at radius 1 is 0.955 bits per heavy atom. The van der Waals surface area contributed by atoms with Gasteiger partial charge in [-0.1, -0.05) is 104 Å². The first-order chi connectivity index (χ1) is 10.6. The molecule has 1 aromatic rings. The number of rotatable bonds is 11. The number of nitrogens with one attached hydrogen (secondary N) is 1. The molecule has 0 unspecified atom stereocenters. The van der Waals surface area contributed by atoms with Crippen LogP contribution in [0.4, 0.5) is 0 Å². The third-order valence-electron chi connectivity index (χ3n) is 2.89. The Kier molecular flexibility index (Phi) is 17.2. The lowest BCUT2D eigenvalue weighted by Crippen LogP contribution is -2.01. The van der Waals surface area contributed by atoms with E-state index < -0.39 is 0 Å². The van der Waals surface area contributed by atoms with Crippen molar-refractivity contribution in [3.63, 3.8) is 0 Å². The number of halogens is 2. The van der Waals surface area contributed by atoms with Gasteiger partial charge in [-0.15, -0.1) is 0 Å². The summed E-state index contributed by atoms with van der Waals surface area (Å²) in [5, 5.41) is 0.154. The molecule has 0 amide bonds. The van der Waals surface area contributed by atoms with Gasteiger partial charge in [0.25, 0.3) is 4.74 Å². The van der Waals surface area contributed by atoms with E-state index in [2.05, 4.69) is 18.6 Å². The van der Waals surface area contributed by atoms with Crippen molar-refractivity contribution in [2.24, 2.45) is 0 Å². The lowest BCUT2D eigenvalue weighted by Gasteiger charge is -2.02. The molecule has 0 aliphatic heterocycles. The monoisotopic (exact) mass is 403 g/mol. The quantitative estimate of drug-likeness (QED) is 0.248. The minimum absolute atomic E-state index is 0.151. The summed E-state index contributed by atoms with van der Waals surface area (Å²) in [5.41, 5.74) is 0. The summed E-state index contributed by atoms with van der Waals surface area (Å²) in [6.07, 6.45) is 11.4. The summed E-state index contributed by atoms with van der Waals surface area (Å²) in [6, 6.07) is 0. The van der Waals surface area contributed by atoms with Crippen LogP contribution in [-0.4, -0.2) is 12.3 Å². The van der Waals surface area contributed by atoms with Gasteiger partial charge >= 0.3 is 0 Å². The molecular weight excluding hydrogens is 377 g/mol. The van der Waals surface area contributed by atoms with Gasteiger partial charge in [-0.2, -0.15) is 0 Å². The van der Waals surface area contributed by atoms with Crippen LogP contribution >= 0.6 is 55.8 Å². The van der Waals surface area contributed by atoms with Gasteiger partial charge in [0.2, 0.25) is 0 Å². The first kappa shape index (κ1) is 22.7. The second kappa shape index (κ2) is 16.6. The standard InChI is InChI=1S/C12H27NS.C3Cl2OS2/c1-3-5-6-7-8-9-10-11-12-14-13-4-2;4-1-2(5)7-8-3(1)6/h13H,3-12H2,1-2H3;. The lowest BCUT2D eigenvalue weighted by atomic mass is 10.1. The Balaban J connectivity index is 0.000000461. The topological polar surface area (TPSA) is 29.1 Å². The fourth-order valence-electron chi connectivity index (χ4n) is 1.71. The van der Waals surface area contributed by atoms with Crippen molar-refractivity contribution in [3.8, 4) is 0 Å². The summed E-state index contributed by atoms with van der Waals surface area (Å²) in [7, 11) is 2.25. The molecule has 1 N–H and O–H groups in total. The van der Waals surface area contributed by atoms with Crippen LogP contribution in [0.5, 0.6) is 0 Å². The Morgan fingerprint density at radius 2 is 1.55 bits per heavy atom. The van der Waals surface area contributed by atoms with Crippen LogP contribution in [0.2, 0.25) is 9.36 Å². The Labute approximate surface area is 156 Å². The average molecular weight is 404 g/mol. The molecule has 0 fully saturated rings. The van der Waals surface area contributed by atoms with E-state index in [9.17, 15) is 4.79 Å². The zero-order chi connectivity index (χ0) is 16.6. The summed E-state index contributed by atoms with van der Waals surface area (Å²) >= 11 is 12.7. The van der Waals surface area contributed by atoms with E-state index in [1.807, 2.05) is 11.9 Å². The van der Waals surface area contributed by atoms with Crippen LogP contribution in [0.25, 0.3) is 0 Å².